The lowest BCUT2D eigenvalue weighted by Gasteiger charge is -2.30. The van der Waals surface area contributed by atoms with Gasteiger partial charge in [0.25, 0.3) is 11.6 Å². The Morgan fingerprint density at radius 3 is 2.61 bits per heavy atom. The Labute approximate surface area is 105 Å². The molecule has 0 aromatic heterocycles. The summed E-state index contributed by atoms with van der Waals surface area (Å²) in [4.78, 5) is 23.9. The van der Waals surface area contributed by atoms with Gasteiger partial charge in [0.15, 0.2) is 0 Å². The summed E-state index contributed by atoms with van der Waals surface area (Å²) in [5.74, 6) is -0.111. The monoisotopic (exact) mass is 249 g/mol. The summed E-state index contributed by atoms with van der Waals surface area (Å²) in [7, 11) is 0. The minimum absolute atomic E-state index is 0.0121. The smallest absolute Gasteiger partial charge is 0.269 e. The van der Waals surface area contributed by atoms with E-state index in [9.17, 15) is 14.9 Å². The number of carbonyl (C=O) groups is 1. The van der Waals surface area contributed by atoms with Crippen LogP contribution in [-0.2, 0) is 0 Å². The van der Waals surface area contributed by atoms with Crippen molar-refractivity contribution >= 4 is 11.6 Å². The van der Waals surface area contributed by atoms with Gasteiger partial charge in [0.2, 0.25) is 0 Å². The number of likely N-dealkylation sites (tertiary alicyclic amines) is 1. The van der Waals surface area contributed by atoms with Crippen LogP contribution in [0.2, 0.25) is 0 Å². The molecule has 0 bridgehead atoms. The minimum Gasteiger partial charge on any atom is -0.337 e. The molecule has 2 rings (SSSR count). The van der Waals surface area contributed by atoms with Crippen molar-refractivity contribution in [2.24, 2.45) is 5.73 Å². The van der Waals surface area contributed by atoms with E-state index in [4.69, 9.17) is 5.73 Å². The van der Waals surface area contributed by atoms with Gasteiger partial charge < -0.3 is 10.6 Å². The molecule has 0 aliphatic carbocycles. The number of carbonyl (C=O) groups excluding carboxylic acids is 1. The number of benzene rings is 1. The summed E-state index contributed by atoms with van der Waals surface area (Å²) in [6.07, 6.45) is 1.84. The molecule has 1 atom stereocenters. The number of nitrogens with two attached hydrogens (primary N) is 1. The molecule has 6 nitrogen and oxygen atoms in total. The van der Waals surface area contributed by atoms with Crippen LogP contribution in [0.4, 0.5) is 5.69 Å². The van der Waals surface area contributed by atoms with E-state index in [0.717, 1.165) is 12.8 Å². The second-order valence-corrected chi connectivity index (χ2v) is 4.46. The first-order valence-corrected chi connectivity index (χ1v) is 5.87. The van der Waals surface area contributed by atoms with Crippen LogP contribution in [0.25, 0.3) is 0 Å². The molecule has 1 aliphatic heterocycles. The van der Waals surface area contributed by atoms with E-state index in [1.165, 1.54) is 24.3 Å². The average Bonchev–Trinajstić information content (AvgIpc) is 2.38. The Hall–Kier alpha value is -1.95. The maximum Gasteiger partial charge on any atom is 0.269 e. The van der Waals surface area contributed by atoms with Gasteiger partial charge in [0.05, 0.1) is 4.92 Å². The lowest BCUT2D eigenvalue weighted by molar-refractivity contribution is -0.384. The first-order chi connectivity index (χ1) is 8.58. The van der Waals surface area contributed by atoms with Crippen LogP contribution in [0.3, 0.4) is 0 Å². The number of piperidine rings is 1. The van der Waals surface area contributed by atoms with Crippen molar-refractivity contribution in [2.45, 2.75) is 18.9 Å². The molecule has 1 heterocycles. The standard InChI is InChI=1S/C12H15N3O3/c13-10-2-1-7-14(8-10)12(16)9-3-5-11(6-4-9)15(17)18/h3-6,10H,1-2,7-8,13H2. The summed E-state index contributed by atoms with van der Waals surface area (Å²) >= 11 is 0. The zero-order chi connectivity index (χ0) is 13.1. The Balaban J connectivity index is 2.10. The summed E-state index contributed by atoms with van der Waals surface area (Å²) in [6, 6.07) is 5.69. The van der Waals surface area contributed by atoms with E-state index in [1.54, 1.807) is 4.90 Å². The number of non-ortho nitro benzene ring substituents is 1. The molecule has 1 aromatic carbocycles. The lowest BCUT2D eigenvalue weighted by atomic mass is 10.1. The second kappa shape index (κ2) is 5.14. The topological polar surface area (TPSA) is 89.5 Å². The summed E-state index contributed by atoms with van der Waals surface area (Å²) < 4.78 is 0. The Kier molecular flexibility index (Phi) is 3.57. The number of nitrogens with zero attached hydrogens (tertiary/aromatic N) is 2. The zero-order valence-electron chi connectivity index (χ0n) is 9.91. The van der Waals surface area contributed by atoms with Crippen LogP contribution in [0.15, 0.2) is 24.3 Å². The minimum atomic E-state index is -0.481. The van der Waals surface area contributed by atoms with Gasteiger partial charge in [0.1, 0.15) is 0 Å². The van der Waals surface area contributed by atoms with Gasteiger partial charge in [-0.15, -0.1) is 0 Å². The maximum absolute atomic E-state index is 12.1. The molecule has 0 spiro atoms. The normalized spacial score (nSPS) is 19.6. The largest absolute Gasteiger partial charge is 0.337 e. The molecular formula is C12H15N3O3. The number of hydrogen-bond acceptors (Lipinski definition) is 4. The highest BCUT2D eigenvalue weighted by atomic mass is 16.6. The predicted molar refractivity (Wildman–Crippen MR) is 66.2 cm³/mol. The fourth-order valence-corrected chi connectivity index (χ4v) is 2.10. The third kappa shape index (κ3) is 2.65. The summed E-state index contributed by atoms with van der Waals surface area (Å²) in [5.41, 5.74) is 6.28. The van der Waals surface area contributed by atoms with Crippen molar-refractivity contribution in [1.29, 1.82) is 0 Å². The number of nitro benzene ring substituents is 1. The summed E-state index contributed by atoms with van der Waals surface area (Å²) in [5, 5.41) is 10.5. The van der Waals surface area contributed by atoms with Crippen LogP contribution in [-0.4, -0.2) is 34.9 Å². The zero-order valence-corrected chi connectivity index (χ0v) is 9.91. The van der Waals surface area contributed by atoms with E-state index in [1.807, 2.05) is 0 Å². The molecule has 1 aromatic rings. The van der Waals surface area contributed by atoms with Crippen LogP contribution < -0.4 is 5.73 Å². The van der Waals surface area contributed by atoms with Gasteiger partial charge in [-0.05, 0) is 25.0 Å². The highest BCUT2D eigenvalue weighted by molar-refractivity contribution is 5.94. The van der Waals surface area contributed by atoms with Crippen LogP contribution in [0.1, 0.15) is 23.2 Å². The van der Waals surface area contributed by atoms with E-state index in [0.29, 0.717) is 18.7 Å². The molecule has 1 amide bonds. The van der Waals surface area contributed by atoms with Crippen molar-refractivity contribution in [2.75, 3.05) is 13.1 Å². The number of hydrogen-bond donors (Lipinski definition) is 1. The molecule has 1 saturated heterocycles. The molecule has 1 aliphatic rings. The number of rotatable bonds is 2. The Morgan fingerprint density at radius 1 is 1.39 bits per heavy atom. The van der Waals surface area contributed by atoms with Crippen LogP contribution in [0, 0.1) is 10.1 Å². The third-order valence-electron chi connectivity index (χ3n) is 3.07. The highest BCUT2D eigenvalue weighted by Gasteiger charge is 2.22. The summed E-state index contributed by atoms with van der Waals surface area (Å²) in [6.45, 7) is 1.25. The first-order valence-electron chi connectivity index (χ1n) is 5.87. The molecule has 18 heavy (non-hydrogen) atoms. The number of nitro groups is 1. The molecular weight excluding hydrogens is 234 g/mol. The third-order valence-corrected chi connectivity index (χ3v) is 3.07. The quantitative estimate of drug-likeness (QED) is 0.629. The molecule has 96 valence electrons. The van der Waals surface area contributed by atoms with Gasteiger partial charge in [0, 0.05) is 36.8 Å². The highest BCUT2D eigenvalue weighted by Crippen LogP contribution is 2.16. The van der Waals surface area contributed by atoms with Crippen molar-refractivity contribution < 1.29 is 9.72 Å². The molecule has 0 saturated carbocycles. The Morgan fingerprint density at radius 2 is 2.06 bits per heavy atom. The van der Waals surface area contributed by atoms with Gasteiger partial charge >= 0.3 is 0 Å². The van der Waals surface area contributed by atoms with E-state index < -0.39 is 4.92 Å². The van der Waals surface area contributed by atoms with Gasteiger partial charge in [-0.1, -0.05) is 0 Å². The Bertz CT molecular complexity index is 458. The lowest BCUT2D eigenvalue weighted by Crippen LogP contribution is -2.45. The fourth-order valence-electron chi connectivity index (χ4n) is 2.10. The number of amides is 1. The van der Waals surface area contributed by atoms with E-state index in [2.05, 4.69) is 0 Å². The predicted octanol–water partition coefficient (Wildman–Crippen LogP) is 1.16. The SMILES string of the molecule is NC1CCCN(C(=O)c2ccc([N+](=O)[O-])cc2)C1. The van der Waals surface area contributed by atoms with Gasteiger partial charge in [-0.25, -0.2) is 0 Å². The molecule has 1 fully saturated rings. The van der Waals surface area contributed by atoms with Gasteiger partial charge in [-0.3, -0.25) is 14.9 Å². The van der Waals surface area contributed by atoms with Crippen molar-refractivity contribution in [3.8, 4) is 0 Å². The molecule has 1 unspecified atom stereocenters. The van der Waals surface area contributed by atoms with Crippen LogP contribution in [0.5, 0.6) is 0 Å². The van der Waals surface area contributed by atoms with E-state index >= 15 is 0 Å². The van der Waals surface area contributed by atoms with Crippen molar-refractivity contribution in [1.82, 2.24) is 4.90 Å². The first kappa shape index (κ1) is 12.5. The van der Waals surface area contributed by atoms with Gasteiger partial charge in [-0.2, -0.15) is 0 Å². The van der Waals surface area contributed by atoms with Crippen molar-refractivity contribution in [3.63, 3.8) is 0 Å². The average molecular weight is 249 g/mol. The van der Waals surface area contributed by atoms with Crippen molar-refractivity contribution in [3.05, 3.63) is 39.9 Å². The van der Waals surface area contributed by atoms with E-state index in [-0.39, 0.29) is 17.6 Å². The fraction of sp³-hybridized carbons (Fsp3) is 0.417. The maximum atomic E-state index is 12.1. The molecule has 6 heteroatoms. The molecule has 0 radical (unpaired) electrons. The second-order valence-electron chi connectivity index (χ2n) is 4.46. The van der Waals surface area contributed by atoms with Crippen LogP contribution >= 0.6 is 0 Å². The molecule has 2 N–H and O–H groups in total.